The maximum Gasteiger partial charge on any atom is 0.293 e. The minimum Gasteiger partial charge on any atom is -0.371 e. The van der Waals surface area contributed by atoms with E-state index in [2.05, 4.69) is 80.8 Å². The highest BCUT2D eigenvalue weighted by atomic mass is 19.1. The van der Waals surface area contributed by atoms with Crippen molar-refractivity contribution in [3.05, 3.63) is 95.1 Å². The largest absolute Gasteiger partial charge is 0.371 e. The topological polar surface area (TPSA) is 165 Å². The minimum absolute atomic E-state index is 0.0678. The summed E-state index contributed by atoms with van der Waals surface area (Å²) in [5, 5.41) is 10.9. The minimum atomic E-state index is -0.525. The number of piperazine rings is 1. The summed E-state index contributed by atoms with van der Waals surface area (Å²) in [4.78, 5) is 61.5. The lowest BCUT2D eigenvalue weighted by Gasteiger charge is -2.44. The number of aromatic amines is 1. The summed E-state index contributed by atoms with van der Waals surface area (Å²) in [6.07, 6.45) is 4.54. The van der Waals surface area contributed by atoms with Crippen LogP contribution in [0.5, 0.6) is 0 Å². The number of amides is 3. The van der Waals surface area contributed by atoms with Gasteiger partial charge in [-0.15, -0.1) is 0 Å². The Kier molecular flexibility index (Phi) is 10.5. The predicted molar refractivity (Wildman–Crippen MR) is 231 cm³/mol. The van der Waals surface area contributed by atoms with Gasteiger partial charge in [0.25, 0.3) is 11.7 Å². The number of piperidine rings is 2. The van der Waals surface area contributed by atoms with E-state index in [1.54, 1.807) is 19.9 Å². The lowest BCUT2D eigenvalue weighted by Crippen LogP contribution is -2.53. The molecule has 14 nitrogen and oxygen atoms in total. The van der Waals surface area contributed by atoms with Gasteiger partial charge in [-0.05, 0) is 80.1 Å². The van der Waals surface area contributed by atoms with Crippen molar-refractivity contribution in [1.29, 1.82) is 0 Å². The van der Waals surface area contributed by atoms with E-state index >= 15 is 4.39 Å². The summed E-state index contributed by atoms with van der Waals surface area (Å²) in [6.45, 7) is 14.9. The number of rotatable bonds is 8. The van der Waals surface area contributed by atoms with Crippen molar-refractivity contribution in [1.82, 2.24) is 40.6 Å². The summed E-state index contributed by atoms with van der Waals surface area (Å²) in [6, 6.07) is 18.2. The van der Waals surface area contributed by atoms with Gasteiger partial charge in [-0.2, -0.15) is 4.98 Å². The highest BCUT2D eigenvalue weighted by Crippen LogP contribution is 2.37. The molecule has 3 aromatic heterocycles. The van der Waals surface area contributed by atoms with Crippen LogP contribution in [-0.4, -0.2) is 93.0 Å². The van der Waals surface area contributed by atoms with Gasteiger partial charge in [0.1, 0.15) is 17.8 Å². The van der Waals surface area contributed by atoms with E-state index in [1.807, 2.05) is 39.0 Å². The van der Waals surface area contributed by atoms with Crippen LogP contribution in [0.2, 0.25) is 0 Å². The number of aromatic nitrogens is 5. The number of halogens is 1. The predicted octanol–water partition coefficient (Wildman–Crippen LogP) is 6.71. The molecule has 3 aromatic carbocycles. The molecule has 6 heterocycles. The summed E-state index contributed by atoms with van der Waals surface area (Å²) in [5.74, 6) is -1.29. The van der Waals surface area contributed by atoms with Crippen LogP contribution < -0.4 is 20.4 Å². The zero-order valence-electron chi connectivity index (χ0n) is 35.2. The van der Waals surface area contributed by atoms with Crippen molar-refractivity contribution in [3.8, 4) is 11.3 Å². The fourth-order valence-electron chi connectivity index (χ4n) is 9.21. The van der Waals surface area contributed by atoms with Crippen LogP contribution in [0.1, 0.15) is 98.5 Å². The van der Waals surface area contributed by atoms with E-state index in [0.29, 0.717) is 52.8 Å². The van der Waals surface area contributed by atoms with Gasteiger partial charge < -0.3 is 24.6 Å². The zero-order chi connectivity index (χ0) is 42.6. The molecule has 0 aliphatic carbocycles. The Morgan fingerprint density at radius 2 is 1.69 bits per heavy atom. The van der Waals surface area contributed by atoms with E-state index in [-0.39, 0.29) is 23.6 Å². The number of benzene rings is 3. The van der Waals surface area contributed by atoms with Crippen molar-refractivity contribution in [2.24, 2.45) is 0 Å². The molecular weight excluding hydrogens is 776 g/mol. The molecule has 61 heavy (non-hydrogen) atoms. The maximum absolute atomic E-state index is 16.4. The SMILES string of the molecule is Cc1c([C@@H](C)NC(=O)c2noc(C(C)(C)C)n2)ccc(-c2ncnc3[nH]c4cc(N5CCN(C6CCN(c7cccc(C8CCC(=O)NC8=O)c7)CC6)CC5)ccc4c23)c1F. The molecule has 0 bridgehead atoms. The van der Waals surface area contributed by atoms with Gasteiger partial charge in [0.15, 0.2) is 0 Å². The number of carbonyl (C=O) groups is 3. The van der Waals surface area contributed by atoms with E-state index in [0.717, 1.165) is 85.3 Å². The number of imide groups is 1. The average Bonchev–Trinajstić information content (AvgIpc) is 3.91. The van der Waals surface area contributed by atoms with Gasteiger partial charge in [0, 0.05) is 85.0 Å². The summed E-state index contributed by atoms with van der Waals surface area (Å²) < 4.78 is 21.6. The molecule has 1 unspecified atom stereocenters. The zero-order valence-corrected chi connectivity index (χ0v) is 35.2. The number of hydrogen-bond acceptors (Lipinski definition) is 11. The summed E-state index contributed by atoms with van der Waals surface area (Å²) in [7, 11) is 0. The third-order valence-electron chi connectivity index (χ3n) is 12.7. The van der Waals surface area contributed by atoms with Crippen LogP contribution in [-0.2, 0) is 15.0 Å². The van der Waals surface area contributed by atoms with Crippen LogP contribution in [0, 0.1) is 12.7 Å². The van der Waals surface area contributed by atoms with Crippen molar-refractivity contribution in [2.75, 3.05) is 49.1 Å². The second-order valence-corrected chi connectivity index (χ2v) is 17.7. The Morgan fingerprint density at radius 3 is 2.43 bits per heavy atom. The molecule has 2 atom stereocenters. The molecule has 316 valence electrons. The molecule has 6 aromatic rings. The Morgan fingerprint density at radius 1 is 0.934 bits per heavy atom. The summed E-state index contributed by atoms with van der Waals surface area (Å²) in [5.41, 5.74) is 6.26. The van der Waals surface area contributed by atoms with Crippen LogP contribution in [0.25, 0.3) is 33.2 Å². The third kappa shape index (κ3) is 7.82. The molecule has 3 aliphatic heterocycles. The first-order chi connectivity index (χ1) is 29.3. The van der Waals surface area contributed by atoms with Crippen molar-refractivity contribution < 1.29 is 23.3 Å². The highest BCUT2D eigenvalue weighted by Gasteiger charge is 2.31. The molecule has 3 N–H and O–H groups in total. The van der Waals surface area contributed by atoms with Crippen molar-refractivity contribution in [2.45, 2.75) is 83.7 Å². The van der Waals surface area contributed by atoms with E-state index in [1.165, 1.54) is 6.33 Å². The first-order valence-corrected chi connectivity index (χ1v) is 21.2. The smallest absolute Gasteiger partial charge is 0.293 e. The van der Waals surface area contributed by atoms with Gasteiger partial charge in [0.05, 0.1) is 23.0 Å². The van der Waals surface area contributed by atoms with Crippen LogP contribution in [0.3, 0.4) is 0 Å². The monoisotopic (exact) mass is 826 g/mol. The molecule has 3 fully saturated rings. The number of hydrogen-bond donors (Lipinski definition) is 3. The van der Waals surface area contributed by atoms with E-state index in [9.17, 15) is 14.4 Å². The van der Waals surface area contributed by atoms with Gasteiger partial charge in [-0.1, -0.05) is 50.2 Å². The van der Waals surface area contributed by atoms with Gasteiger partial charge in [-0.3, -0.25) is 24.6 Å². The highest BCUT2D eigenvalue weighted by molar-refractivity contribution is 6.12. The standard InChI is InChI=1S/C46H51FN10O4/c1-26-32(27(2)50-44(60)42-53-45(61-54-42)46(3,4)5)11-12-35(39(26)47)40-38-34-10-9-31(24-36(34)51-41(38)49-25-48-40)57-21-19-56(20-22-57)29-15-17-55(18-16-29)30-8-6-7-28(23-30)33-13-14-37(58)52-43(33)59/h6-12,23-25,27,29,33H,13-22H2,1-5H3,(H,50,60)(H,48,49,51)(H,52,58,59)/t27-,33?/m1/s1. The first kappa shape index (κ1) is 40.2. The number of nitrogens with zero attached hydrogens (tertiary/aromatic N) is 7. The Balaban J connectivity index is 0.846. The Bertz CT molecular complexity index is 2650. The van der Waals surface area contributed by atoms with Crippen LogP contribution >= 0.6 is 0 Å². The number of fused-ring (bicyclic) bond motifs is 3. The van der Waals surface area contributed by atoms with Gasteiger partial charge in [-0.25, -0.2) is 14.4 Å². The molecule has 15 heteroatoms. The molecule has 3 saturated heterocycles. The summed E-state index contributed by atoms with van der Waals surface area (Å²) >= 11 is 0. The number of carbonyl (C=O) groups excluding carboxylic acids is 3. The quantitative estimate of drug-likeness (QED) is 0.140. The number of anilines is 2. The Hall–Kier alpha value is -6.22. The lowest BCUT2D eigenvalue weighted by atomic mass is 9.90. The first-order valence-electron chi connectivity index (χ1n) is 21.2. The van der Waals surface area contributed by atoms with Gasteiger partial charge >= 0.3 is 0 Å². The number of H-pyrrole nitrogens is 1. The fraction of sp³-hybridized carbons (Fsp3) is 0.413. The second kappa shape index (κ2) is 16.0. The van der Waals surface area contributed by atoms with Crippen LogP contribution in [0.4, 0.5) is 15.8 Å². The third-order valence-corrected chi connectivity index (χ3v) is 12.7. The average molecular weight is 827 g/mol. The fourth-order valence-corrected chi connectivity index (χ4v) is 9.21. The lowest BCUT2D eigenvalue weighted by molar-refractivity contribution is -0.134. The molecule has 0 saturated carbocycles. The second-order valence-electron chi connectivity index (χ2n) is 17.7. The molecule has 0 radical (unpaired) electrons. The molecule has 3 aliphatic rings. The van der Waals surface area contributed by atoms with E-state index in [4.69, 9.17) is 4.52 Å². The van der Waals surface area contributed by atoms with Crippen LogP contribution in [0.15, 0.2) is 65.4 Å². The normalized spacial score (nSPS) is 18.8. The van der Waals surface area contributed by atoms with E-state index < -0.39 is 23.2 Å². The van der Waals surface area contributed by atoms with Crippen molar-refractivity contribution >= 4 is 51.0 Å². The van der Waals surface area contributed by atoms with Gasteiger partial charge in [0.2, 0.25) is 17.7 Å². The maximum atomic E-state index is 16.4. The number of nitrogens with one attached hydrogen (secondary N) is 3. The van der Waals surface area contributed by atoms with Crippen molar-refractivity contribution in [3.63, 3.8) is 0 Å². The molecule has 9 rings (SSSR count). The molecule has 0 spiro atoms. The molecule has 3 amide bonds. The molecular formula is C46H51FN10O4. The Labute approximate surface area is 353 Å².